The number of aromatic carboxylic acids is 1. The molecule has 0 radical (unpaired) electrons. The van der Waals surface area contributed by atoms with Crippen LogP contribution < -0.4 is 10.6 Å². The van der Waals surface area contributed by atoms with E-state index in [4.69, 9.17) is 5.11 Å². The monoisotopic (exact) mass is 296 g/mol. The number of pyridine rings is 1. The van der Waals surface area contributed by atoms with E-state index in [2.05, 4.69) is 15.6 Å². The van der Waals surface area contributed by atoms with Crippen molar-refractivity contribution in [2.24, 2.45) is 0 Å². The number of carbonyl (C=O) groups is 2. The maximum absolute atomic E-state index is 11.6. The number of nitrogens with zero attached hydrogens (tertiary/aromatic N) is 2. The Balaban J connectivity index is 2.86. The lowest BCUT2D eigenvalue weighted by atomic mass is 10.1. The zero-order valence-corrected chi connectivity index (χ0v) is 11.8. The zero-order chi connectivity index (χ0) is 16.2. The molecule has 1 aromatic rings. The highest BCUT2D eigenvalue weighted by Crippen LogP contribution is 2.18. The van der Waals surface area contributed by atoms with Crippen LogP contribution in [-0.2, 0) is 4.79 Å². The van der Waals surface area contributed by atoms with Crippen LogP contribution in [0.2, 0.25) is 0 Å². The summed E-state index contributed by atoms with van der Waals surface area (Å²) in [6.07, 6.45) is 0.927. The smallest absolute Gasteiger partial charge is 0.339 e. The predicted octanol–water partition coefficient (Wildman–Crippen LogP) is 1.01. The van der Waals surface area contributed by atoms with Crippen LogP contribution in [0, 0.1) is 10.1 Å². The van der Waals surface area contributed by atoms with Gasteiger partial charge in [0.25, 0.3) is 5.69 Å². The lowest BCUT2D eigenvalue weighted by Gasteiger charge is -2.20. The summed E-state index contributed by atoms with van der Waals surface area (Å²) < 4.78 is 0. The molecule has 9 nitrogen and oxygen atoms in total. The van der Waals surface area contributed by atoms with Gasteiger partial charge in [0, 0.05) is 11.6 Å². The number of anilines is 1. The van der Waals surface area contributed by atoms with Crippen LogP contribution in [0.5, 0.6) is 0 Å². The van der Waals surface area contributed by atoms with Gasteiger partial charge in [0.2, 0.25) is 5.91 Å². The van der Waals surface area contributed by atoms with Crippen LogP contribution in [0.1, 0.15) is 31.1 Å². The van der Waals surface area contributed by atoms with E-state index in [-0.39, 0.29) is 23.8 Å². The highest BCUT2D eigenvalue weighted by atomic mass is 16.6. The molecule has 0 spiro atoms. The molecule has 0 saturated heterocycles. The van der Waals surface area contributed by atoms with Crippen LogP contribution >= 0.6 is 0 Å². The van der Waals surface area contributed by atoms with Crippen molar-refractivity contribution in [3.8, 4) is 0 Å². The molecule has 3 N–H and O–H groups in total. The van der Waals surface area contributed by atoms with Gasteiger partial charge in [-0.15, -0.1) is 0 Å². The molecule has 0 saturated carbocycles. The third kappa shape index (κ3) is 5.05. The highest BCUT2D eigenvalue weighted by molar-refractivity contribution is 5.94. The van der Waals surface area contributed by atoms with Crippen molar-refractivity contribution in [3.63, 3.8) is 0 Å². The number of carboxylic acids is 1. The molecule has 9 heteroatoms. The minimum Gasteiger partial charge on any atom is -0.478 e. The molecular formula is C12H16N4O5. The fourth-order valence-electron chi connectivity index (χ4n) is 1.48. The Bertz CT molecular complexity index is 580. The molecule has 0 aliphatic heterocycles. The summed E-state index contributed by atoms with van der Waals surface area (Å²) in [6, 6.07) is 0.888. The van der Waals surface area contributed by atoms with Crippen LogP contribution in [0.3, 0.4) is 0 Å². The van der Waals surface area contributed by atoms with Crippen molar-refractivity contribution >= 4 is 23.4 Å². The largest absolute Gasteiger partial charge is 0.478 e. The highest BCUT2D eigenvalue weighted by Gasteiger charge is 2.19. The van der Waals surface area contributed by atoms with E-state index in [0.29, 0.717) is 0 Å². The SMILES string of the molecule is CC(C)(C)NC(=O)CNc1ncc([N+](=O)[O-])cc1C(=O)O. The molecule has 0 bridgehead atoms. The normalized spacial score (nSPS) is 10.8. The Kier molecular flexibility index (Phi) is 4.79. The number of carboxylic acid groups (broad SMARTS) is 1. The van der Waals surface area contributed by atoms with Gasteiger partial charge < -0.3 is 15.7 Å². The van der Waals surface area contributed by atoms with E-state index in [0.717, 1.165) is 12.3 Å². The molecule has 0 aromatic carbocycles. The molecule has 0 aliphatic carbocycles. The second kappa shape index (κ2) is 6.16. The molecule has 0 atom stereocenters. The number of aromatic nitrogens is 1. The Morgan fingerprint density at radius 1 is 1.43 bits per heavy atom. The van der Waals surface area contributed by atoms with Gasteiger partial charge in [-0.3, -0.25) is 14.9 Å². The summed E-state index contributed by atoms with van der Waals surface area (Å²) in [5, 5.41) is 24.9. The second-order valence-electron chi connectivity index (χ2n) is 5.30. The number of hydrogen-bond donors (Lipinski definition) is 3. The van der Waals surface area contributed by atoms with E-state index in [9.17, 15) is 19.7 Å². The van der Waals surface area contributed by atoms with Crippen LogP contribution in [0.15, 0.2) is 12.3 Å². The average molecular weight is 296 g/mol. The molecule has 1 amide bonds. The number of nitro groups is 1. The first kappa shape index (κ1) is 16.3. The molecule has 21 heavy (non-hydrogen) atoms. The molecule has 0 unspecified atom stereocenters. The Labute approximate surface area is 120 Å². The molecule has 1 aromatic heterocycles. The van der Waals surface area contributed by atoms with Gasteiger partial charge in [0.05, 0.1) is 11.5 Å². The number of rotatable bonds is 5. The van der Waals surface area contributed by atoms with E-state index >= 15 is 0 Å². The molecule has 1 rings (SSSR count). The number of amides is 1. The molecular weight excluding hydrogens is 280 g/mol. The maximum Gasteiger partial charge on any atom is 0.339 e. The zero-order valence-electron chi connectivity index (χ0n) is 11.8. The Morgan fingerprint density at radius 3 is 2.52 bits per heavy atom. The first-order chi connectivity index (χ1) is 9.60. The van der Waals surface area contributed by atoms with E-state index < -0.39 is 22.1 Å². The van der Waals surface area contributed by atoms with E-state index in [1.54, 1.807) is 20.8 Å². The summed E-state index contributed by atoms with van der Waals surface area (Å²) in [6.45, 7) is 5.22. The first-order valence-electron chi connectivity index (χ1n) is 6.03. The summed E-state index contributed by atoms with van der Waals surface area (Å²) in [5.41, 5.74) is -1.22. The fourth-order valence-corrected chi connectivity index (χ4v) is 1.48. The summed E-state index contributed by atoms with van der Waals surface area (Å²) in [4.78, 5) is 36.2. The number of nitrogens with one attached hydrogen (secondary N) is 2. The van der Waals surface area contributed by atoms with Crippen molar-refractivity contribution in [1.29, 1.82) is 0 Å². The topological polar surface area (TPSA) is 134 Å². The van der Waals surface area contributed by atoms with Gasteiger partial charge in [0.15, 0.2) is 0 Å². The Hall–Kier alpha value is -2.71. The summed E-state index contributed by atoms with van der Waals surface area (Å²) in [5.74, 6) is -1.82. The van der Waals surface area contributed by atoms with Crippen molar-refractivity contribution in [2.75, 3.05) is 11.9 Å². The molecule has 1 heterocycles. The molecule has 0 fully saturated rings. The minimum atomic E-state index is -1.37. The van der Waals surface area contributed by atoms with Crippen molar-refractivity contribution < 1.29 is 19.6 Å². The number of hydrogen-bond acceptors (Lipinski definition) is 6. The summed E-state index contributed by atoms with van der Waals surface area (Å²) in [7, 11) is 0. The van der Waals surface area contributed by atoms with Crippen molar-refractivity contribution in [1.82, 2.24) is 10.3 Å². The third-order valence-corrected chi connectivity index (χ3v) is 2.25. The maximum atomic E-state index is 11.6. The van der Waals surface area contributed by atoms with Gasteiger partial charge in [-0.05, 0) is 20.8 Å². The lowest BCUT2D eigenvalue weighted by Crippen LogP contribution is -2.43. The Morgan fingerprint density at radius 2 is 2.05 bits per heavy atom. The second-order valence-corrected chi connectivity index (χ2v) is 5.30. The standard InChI is InChI=1S/C12H16N4O5/c1-12(2,3)15-9(17)6-14-10-8(11(18)19)4-7(5-13-10)16(20)21/h4-5H,6H2,1-3H3,(H,13,14)(H,15,17)(H,18,19). The van der Waals surface area contributed by atoms with Crippen LogP contribution in [0.25, 0.3) is 0 Å². The fraction of sp³-hybridized carbons (Fsp3) is 0.417. The van der Waals surface area contributed by atoms with Gasteiger partial charge in [0.1, 0.15) is 17.6 Å². The summed E-state index contributed by atoms with van der Waals surface area (Å²) >= 11 is 0. The average Bonchev–Trinajstić information content (AvgIpc) is 2.33. The first-order valence-corrected chi connectivity index (χ1v) is 6.03. The van der Waals surface area contributed by atoms with Crippen LogP contribution in [-0.4, -0.2) is 39.0 Å². The quantitative estimate of drug-likeness (QED) is 0.545. The lowest BCUT2D eigenvalue weighted by molar-refractivity contribution is -0.385. The third-order valence-electron chi connectivity index (χ3n) is 2.25. The van der Waals surface area contributed by atoms with Gasteiger partial charge in [-0.25, -0.2) is 9.78 Å². The molecule has 114 valence electrons. The predicted molar refractivity (Wildman–Crippen MR) is 74.2 cm³/mol. The van der Waals surface area contributed by atoms with Crippen molar-refractivity contribution in [2.45, 2.75) is 26.3 Å². The van der Waals surface area contributed by atoms with Gasteiger partial charge in [-0.1, -0.05) is 0 Å². The van der Waals surface area contributed by atoms with Gasteiger partial charge >= 0.3 is 5.97 Å². The number of carbonyl (C=O) groups excluding carboxylic acids is 1. The van der Waals surface area contributed by atoms with Gasteiger partial charge in [-0.2, -0.15) is 0 Å². The molecule has 0 aliphatic rings. The minimum absolute atomic E-state index is 0.0999. The van der Waals surface area contributed by atoms with E-state index in [1.807, 2.05) is 0 Å². The van der Waals surface area contributed by atoms with Crippen molar-refractivity contribution in [3.05, 3.63) is 27.9 Å². The van der Waals surface area contributed by atoms with E-state index in [1.165, 1.54) is 0 Å². The van der Waals surface area contributed by atoms with Crippen LogP contribution in [0.4, 0.5) is 11.5 Å².